The van der Waals surface area contributed by atoms with E-state index in [1.165, 1.54) is 47.6 Å². The Morgan fingerprint density at radius 2 is 1.83 bits per heavy atom. The predicted octanol–water partition coefficient (Wildman–Crippen LogP) is 5.96. The summed E-state index contributed by atoms with van der Waals surface area (Å²) in [6.07, 6.45) is 4.21. The fourth-order valence-electron chi connectivity index (χ4n) is 5.10. The number of amides is 2. The van der Waals surface area contributed by atoms with Crippen LogP contribution < -0.4 is 25.4 Å². The van der Waals surface area contributed by atoms with Gasteiger partial charge in [0.15, 0.2) is 0 Å². The number of nitrogens with two attached hydrogens (primary N) is 1. The van der Waals surface area contributed by atoms with Crippen LogP contribution in [0.25, 0.3) is 20.8 Å². The van der Waals surface area contributed by atoms with Gasteiger partial charge in [-0.25, -0.2) is 4.39 Å². The molecule has 3 heterocycles. The highest BCUT2D eigenvalue weighted by atomic mass is 32.1. The van der Waals surface area contributed by atoms with Crippen molar-refractivity contribution in [3.8, 4) is 27.8 Å². The van der Waals surface area contributed by atoms with Crippen molar-refractivity contribution in [1.82, 2.24) is 15.3 Å². The first-order valence-corrected chi connectivity index (χ1v) is 15.4. The Hall–Kier alpha value is -4.91. The molecular formula is C34H32FN5O5S. The smallest absolute Gasteiger partial charge is 0.247 e. The summed E-state index contributed by atoms with van der Waals surface area (Å²) in [6, 6.07) is 18.3. The van der Waals surface area contributed by atoms with Gasteiger partial charge in [-0.05, 0) is 66.9 Å². The zero-order valence-electron chi connectivity index (χ0n) is 25.3. The van der Waals surface area contributed by atoms with Crippen molar-refractivity contribution in [1.29, 1.82) is 0 Å². The minimum Gasteiger partial charge on any atom is -0.494 e. The van der Waals surface area contributed by atoms with E-state index in [4.69, 9.17) is 19.9 Å². The van der Waals surface area contributed by atoms with Gasteiger partial charge in [-0.2, -0.15) is 0 Å². The quantitative estimate of drug-likeness (QED) is 0.119. The van der Waals surface area contributed by atoms with Crippen molar-refractivity contribution in [2.75, 3.05) is 32.3 Å². The van der Waals surface area contributed by atoms with Gasteiger partial charge in [0.2, 0.25) is 11.8 Å². The van der Waals surface area contributed by atoms with Gasteiger partial charge < -0.3 is 25.3 Å². The summed E-state index contributed by atoms with van der Waals surface area (Å²) < 4.78 is 31.7. The Kier molecular flexibility index (Phi) is 8.93. The first-order valence-electron chi connectivity index (χ1n) is 14.6. The average Bonchev–Trinajstić information content (AvgIpc) is 3.78. The van der Waals surface area contributed by atoms with E-state index in [1.54, 1.807) is 37.6 Å². The standard InChI is InChI=1S/C34H32FN5O5S/c1-43-16-15-37-19-21-3-9-25(39-20-21)30-18-26-31(46-30)28(11-14-38-26)45-24-8-10-27(29(17-24)44-2)40(23-6-4-22(35)5-7-23)33(42)34(12-13-34)32(36)41/h3-11,14,17-18,20,37H,12-13,15-16,19H2,1-2H3,(H2,36,41). The van der Waals surface area contributed by atoms with Crippen LogP contribution >= 0.6 is 11.3 Å². The van der Waals surface area contributed by atoms with Crippen LogP contribution in [0.2, 0.25) is 0 Å². The summed E-state index contributed by atoms with van der Waals surface area (Å²) in [4.78, 5) is 37.5. The molecule has 236 valence electrons. The van der Waals surface area contributed by atoms with Gasteiger partial charge in [0.05, 0.1) is 40.2 Å². The third kappa shape index (κ3) is 6.27. The lowest BCUT2D eigenvalue weighted by Gasteiger charge is -2.28. The van der Waals surface area contributed by atoms with Crippen LogP contribution in [0.5, 0.6) is 17.2 Å². The molecule has 3 aromatic heterocycles. The fraction of sp³-hybridized carbons (Fsp3) is 0.235. The molecule has 1 aliphatic rings. The molecule has 1 aliphatic carbocycles. The van der Waals surface area contributed by atoms with Crippen molar-refractivity contribution in [3.63, 3.8) is 0 Å². The fourth-order valence-corrected chi connectivity index (χ4v) is 6.14. The summed E-state index contributed by atoms with van der Waals surface area (Å²) >= 11 is 1.52. The number of halogens is 1. The van der Waals surface area contributed by atoms with Crippen LogP contribution in [0.4, 0.5) is 15.8 Å². The Balaban J connectivity index is 1.27. The zero-order chi connectivity index (χ0) is 32.3. The number of methoxy groups -OCH3 is 2. The summed E-state index contributed by atoms with van der Waals surface area (Å²) in [5.41, 5.74) is 7.72. The lowest BCUT2D eigenvalue weighted by atomic mass is 10.0. The number of primary amides is 1. The molecule has 46 heavy (non-hydrogen) atoms. The van der Waals surface area contributed by atoms with Crippen molar-refractivity contribution in [2.24, 2.45) is 11.1 Å². The minimum absolute atomic E-state index is 0.314. The summed E-state index contributed by atoms with van der Waals surface area (Å²) in [5, 5.41) is 3.31. The van der Waals surface area contributed by atoms with E-state index in [0.717, 1.165) is 32.9 Å². The van der Waals surface area contributed by atoms with Crippen LogP contribution in [-0.4, -0.2) is 49.2 Å². The second kappa shape index (κ2) is 13.2. The number of rotatable bonds is 13. The number of hydrogen-bond donors (Lipinski definition) is 2. The number of aromatic nitrogens is 2. The Morgan fingerprint density at radius 1 is 1.02 bits per heavy atom. The molecule has 0 saturated heterocycles. The number of nitrogens with zero attached hydrogens (tertiary/aromatic N) is 3. The molecule has 0 unspecified atom stereocenters. The number of anilines is 2. The highest BCUT2D eigenvalue weighted by Gasteiger charge is 2.57. The van der Waals surface area contributed by atoms with E-state index >= 15 is 0 Å². The number of fused-ring (bicyclic) bond motifs is 1. The van der Waals surface area contributed by atoms with Gasteiger partial charge in [-0.3, -0.25) is 24.5 Å². The van der Waals surface area contributed by atoms with Crippen molar-refractivity contribution in [2.45, 2.75) is 19.4 Å². The van der Waals surface area contributed by atoms with Crippen LogP contribution in [0, 0.1) is 11.2 Å². The van der Waals surface area contributed by atoms with Crippen LogP contribution in [-0.2, 0) is 20.9 Å². The van der Waals surface area contributed by atoms with Gasteiger partial charge >= 0.3 is 0 Å². The number of ether oxygens (including phenoxy) is 3. The van der Waals surface area contributed by atoms with Gasteiger partial charge in [-0.15, -0.1) is 11.3 Å². The van der Waals surface area contributed by atoms with E-state index in [0.29, 0.717) is 54.6 Å². The maximum absolute atomic E-state index is 13.8. The van der Waals surface area contributed by atoms with E-state index in [2.05, 4.69) is 15.3 Å². The molecule has 3 N–H and O–H groups in total. The Bertz CT molecular complexity index is 1880. The third-order valence-corrected chi connectivity index (χ3v) is 8.97. The largest absolute Gasteiger partial charge is 0.494 e. The van der Waals surface area contributed by atoms with Gasteiger partial charge in [-0.1, -0.05) is 6.07 Å². The molecule has 12 heteroatoms. The maximum Gasteiger partial charge on any atom is 0.247 e. The molecule has 0 bridgehead atoms. The molecule has 2 aromatic carbocycles. The van der Waals surface area contributed by atoms with Gasteiger partial charge in [0.1, 0.15) is 28.5 Å². The van der Waals surface area contributed by atoms with Crippen LogP contribution in [0.3, 0.4) is 0 Å². The molecule has 1 saturated carbocycles. The van der Waals surface area contributed by atoms with Crippen molar-refractivity contribution >= 4 is 44.7 Å². The zero-order valence-corrected chi connectivity index (χ0v) is 26.1. The number of hydrogen-bond acceptors (Lipinski definition) is 9. The summed E-state index contributed by atoms with van der Waals surface area (Å²) in [5.74, 6) is -0.289. The van der Waals surface area contributed by atoms with E-state index < -0.39 is 23.0 Å². The second-order valence-electron chi connectivity index (χ2n) is 10.9. The Morgan fingerprint density at radius 3 is 2.50 bits per heavy atom. The number of pyridine rings is 2. The lowest BCUT2D eigenvalue weighted by Crippen LogP contribution is -2.41. The first kappa shape index (κ1) is 31.1. The summed E-state index contributed by atoms with van der Waals surface area (Å²) in [7, 11) is 3.15. The SMILES string of the molecule is COCCNCc1ccc(-c2cc3nccc(Oc4ccc(N(C(=O)C5(C(N)=O)CC5)c5ccc(F)cc5)c(OC)c4)c3s2)nc1. The molecule has 10 nitrogen and oxygen atoms in total. The van der Waals surface area contributed by atoms with E-state index in [-0.39, 0.29) is 0 Å². The molecule has 0 atom stereocenters. The van der Waals surface area contributed by atoms with Gasteiger partial charge in [0.25, 0.3) is 0 Å². The number of thiophene rings is 1. The monoisotopic (exact) mass is 641 g/mol. The molecule has 0 spiro atoms. The first-order chi connectivity index (χ1) is 22.3. The molecule has 2 amide bonds. The highest BCUT2D eigenvalue weighted by Crippen LogP contribution is 2.50. The second-order valence-corrected chi connectivity index (χ2v) is 11.9. The maximum atomic E-state index is 13.8. The number of benzene rings is 2. The molecule has 6 rings (SSSR count). The van der Waals surface area contributed by atoms with E-state index in [9.17, 15) is 14.0 Å². The lowest BCUT2D eigenvalue weighted by molar-refractivity contribution is -0.133. The topological polar surface area (TPSA) is 129 Å². The molecule has 0 radical (unpaired) electrons. The molecule has 5 aromatic rings. The van der Waals surface area contributed by atoms with Crippen LogP contribution in [0.1, 0.15) is 18.4 Å². The number of carbonyl (C=O) groups is 2. The highest BCUT2D eigenvalue weighted by molar-refractivity contribution is 7.22. The normalized spacial score (nSPS) is 13.4. The Labute approximate surface area is 268 Å². The average molecular weight is 642 g/mol. The number of nitrogens with one attached hydrogen (secondary N) is 1. The van der Waals surface area contributed by atoms with Crippen molar-refractivity contribution < 1.29 is 28.2 Å². The van der Waals surface area contributed by atoms with Crippen LogP contribution in [0.15, 0.2) is 79.1 Å². The minimum atomic E-state index is -1.32. The molecular weight excluding hydrogens is 609 g/mol. The summed E-state index contributed by atoms with van der Waals surface area (Å²) in [6.45, 7) is 2.11. The number of carbonyl (C=O) groups excluding carboxylic acids is 2. The van der Waals surface area contributed by atoms with Gasteiger partial charge in [0, 0.05) is 50.4 Å². The molecule has 1 fully saturated rings. The predicted molar refractivity (Wildman–Crippen MR) is 174 cm³/mol. The van der Waals surface area contributed by atoms with Crippen molar-refractivity contribution in [3.05, 3.63) is 90.5 Å². The van der Waals surface area contributed by atoms with E-state index in [1.807, 2.05) is 24.4 Å². The third-order valence-electron chi connectivity index (χ3n) is 7.80. The molecule has 0 aliphatic heterocycles.